The quantitative estimate of drug-likeness (QED) is 0.0297. The standard InChI is InChI=1S/C78H124N8O22S/c1-48(2)39-60(85-73(99)58(83-47-87)32-38-109-7)74(100)86-61(40-53-26-20-18-21-27-53)75(101)84-59(29-23-24-33-79)72(98)81-34-36-104-37-35-82-76(102)67-64(93)46-78(103)45-56(90)42-63(92)62(91)31-30-54(88)41-55(89)43-66(94)105-51(5)50(4)69(95)49(3)25-19-16-14-12-10-8-9-11-13-15-17-22-28-57(44-65(67)108-78)107-77-71(97)68(80)70(96)52(6)106-77/h8-22,25-28,47-52,54-65,67-71,77,88-93,95-97,103H,23-24,29-46,79-80H2,1-7H3,(H,81,98)(H,82,102)(H,83,87)(H,84,101)(H,85,99)(H,86,100)/b9-8+,12-10+,13-11+,16-14+,17-15+,25-19+,28-22+/t49-,50-,51-,52+,54+,55+,56-,57-,58-,59-,60-,61-,62+,63+,64-,65-,67+,68-,69+,70+,71-,77-,78+/m0/s1. The maximum Gasteiger partial charge on any atom is 0.308 e. The van der Waals surface area contributed by atoms with Crippen molar-refractivity contribution in [1.29, 1.82) is 0 Å². The van der Waals surface area contributed by atoms with E-state index in [2.05, 4.69) is 31.9 Å². The Morgan fingerprint density at radius 1 is 0.651 bits per heavy atom. The number of amides is 6. The molecule has 2 fully saturated rings. The molecule has 3 aliphatic heterocycles. The summed E-state index contributed by atoms with van der Waals surface area (Å²) in [6.45, 7) is 10.3. The number of rotatable bonds is 29. The SMILES string of the molecule is CSCC[C@H](NC=O)C(=O)N[C@@H](CC(C)C)C(=O)N[C@@H](Cc1ccccc1)C(=O)N[C@@H](CCCCN)C(=O)NCCOCCNC(=O)[C@H]1[C@@H]2C[C@@H](O[C@@H]3O[C@H](C)[C@@H](O)[C@H](N)[C@@H]3O)/C=C/C=C/C=C/C=C/C=C/C=C/C=C/[C@H](C)[C@@H](O)[C@@H](C)[C@H](C)OC(=O)C[C@H](O)C[C@H](O)CC[C@@H](O)[C@H](O)C[C@H](O)C[C@](O)(C[C@@H]1O)O2. The second-order valence-electron chi connectivity index (χ2n) is 28.8. The highest BCUT2D eigenvalue weighted by Crippen LogP contribution is 2.38. The number of fused-ring (bicyclic) bond motifs is 2. The average molecular weight is 1560 g/mol. The highest BCUT2D eigenvalue weighted by molar-refractivity contribution is 7.98. The van der Waals surface area contributed by atoms with Crippen LogP contribution in [0.2, 0.25) is 0 Å². The van der Waals surface area contributed by atoms with Crippen molar-refractivity contribution in [3.8, 4) is 0 Å². The van der Waals surface area contributed by atoms with Crippen LogP contribution in [-0.4, -0.2) is 259 Å². The summed E-state index contributed by atoms with van der Waals surface area (Å²) in [6, 6.07) is 3.37. The van der Waals surface area contributed by atoms with Gasteiger partial charge in [0, 0.05) is 57.0 Å². The van der Waals surface area contributed by atoms with E-state index in [1.165, 1.54) is 24.8 Å². The fourth-order valence-corrected chi connectivity index (χ4v) is 13.2. The van der Waals surface area contributed by atoms with E-state index in [4.69, 9.17) is 35.2 Å². The summed E-state index contributed by atoms with van der Waals surface area (Å²) in [7, 11) is 0. The molecule has 3 aliphatic rings. The fourth-order valence-electron chi connectivity index (χ4n) is 12.8. The van der Waals surface area contributed by atoms with E-state index in [0.29, 0.717) is 43.5 Å². The number of nitrogens with one attached hydrogen (secondary N) is 6. The number of unbranched alkanes of at least 4 members (excludes halogenated alkanes) is 1. The van der Waals surface area contributed by atoms with Crippen LogP contribution in [0.15, 0.2) is 115 Å². The number of nitrogens with two attached hydrogens (primary N) is 2. The number of hydrogen-bond donors (Lipinski definition) is 18. The monoisotopic (exact) mass is 1560 g/mol. The largest absolute Gasteiger partial charge is 0.462 e. The number of benzene rings is 1. The topological polar surface area (TPSA) is 492 Å². The molecule has 0 radical (unpaired) electrons. The molecular formula is C78H124N8O22S. The van der Waals surface area contributed by atoms with Crippen LogP contribution in [0.4, 0.5) is 0 Å². The first-order chi connectivity index (χ1) is 51.9. The predicted molar refractivity (Wildman–Crippen MR) is 410 cm³/mol. The Morgan fingerprint density at radius 2 is 1.25 bits per heavy atom. The number of carbonyl (C=O) groups excluding carboxylic acids is 7. The van der Waals surface area contributed by atoms with Crippen LogP contribution in [-0.2, 0) is 63.7 Å². The second kappa shape index (κ2) is 51.1. The minimum atomic E-state index is -2.41. The number of ether oxygens (including phenoxy) is 5. The number of allylic oxidation sites excluding steroid dienone is 12. The zero-order valence-corrected chi connectivity index (χ0v) is 64.7. The van der Waals surface area contributed by atoms with Crippen molar-refractivity contribution in [2.75, 3.05) is 44.9 Å². The molecule has 2 bridgehead atoms. The van der Waals surface area contributed by atoms with Gasteiger partial charge in [0.2, 0.25) is 35.9 Å². The molecule has 20 N–H and O–H groups in total. The van der Waals surface area contributed by atoms with Crippen molar-refractivity contribution < 1.29 is 108 Å². The molecular weight excluding hydrogens is 1430 g/mol. The lowest BCUT2D eigenvalue weighted by atomic mass is 9.82. The van der Waals surface area contributed by atoms with Crippen LogP contribution >= 0.6 is 11.8 Å². The molecule has 4 rings (SSSR count). The van der Waals surface area contributed by atoms with E-state index in [0.717, 1.165) is 0 Å². The summed E-state index contributed by atoms with van der Waals surface area (Å²) in [5, 5.41) is 129. The van der Waals surface area contributed by atoms with Crippen LogP contribution in [0.3, 0.4) is 0 Å². The van der Waals surface area contributed by atoms with Crippen molar-refractivity contribution >= 4 is 53.7 Å². The first-order valence-corrected chi connectivity index (χ1v) is 39.2. The molecule has 3 heterocycles. The van der Waals surface area contributed by atoms with Gasteiger partial charge in [-0.2, -0.15) is 11.8 Å². The van der Waals surface area contributed by atoms with E-state index < -0.39 is 195 Å². The van der Waals surface area contributed by atoms with Gasteiger partial charge >= 0.3 is 5.97 Å². The Morgan fingerprint density at radius 3 is 1.87 bits per heavy atom. The van der Waals surface area contributed by atoms with Crippen LogP contribution < -0.4 is 43.4 Å². The Kier molecular flexibility index (Phi) is 44.5. The minimum absolute atomic E-state index is 0.0210. The number of thioether (sulfide) groups is 1. The first kappa shape index (κ1) is 94.8. The van der Waals surface area contributed by atoms with E-state index in [1.807, 2.05) is 33.1 Å². The molecule has 0 saturated carbocycles. The molecule has 1 aromatic rings. The van der Waals surface area contributed by atoms with Crippen LogP contribution in [0, 0.1) is 23.7 Å². The molecule has 0 spiro atoms. The molecule has 6 amide bonds. The van der Waals surface area contributed by atoms with Gasteiger partial charge < -0.3 is 118 Å². The molecule has 109 heavy (non-hydrogen) atoms. The highest BCUT2D eigenvalue weighted by atomic mass is 32.2. The van der Waals surface area contributed by atoms with E-state index in [-0.39, 0.29) is 83.1 Å². The fraction of sp³-hybridized carbons (Fsp3) is 0.654. The zero-order valence-electron chi connectivity index (χ0n) is 63.9. The molecule has 23 atom stereocenters. The Hall–Kier alpha value is -6.60. The molecule has 0 aliphatic carbocycles. The molecule has 0 unspecified atom stereocenters. The molecule has 0 aromatic heterocycles. The van der Waals surface area contributed by atoms with Gasteiger partial charge in [-0.05, 0) is 95.2 Å². The molecule has 614 valence electrons. The third-order valence-corrected chi connectivity index (χ3v) is 19.8. The van der Waals surface area contributed by atoms with Crippen molar-refractivity contribution in [2.24, 2.45) is 35.1 Å². The maximum atomic E-state index is 14.4. The normalized spacial score (nSPS) is 32.8. The van der Waals surface area contributed by atoms with Gasteiger partial charge in [-0.15, -0.1) is 0 Å². The van der Waals surface area contributed by atoms with Gasteiger partial charge in [-0.1, -0.05) is 143 Å². The van der Waals surface area contributed by atoms with Crippen LogP contribution in [0.5, 0.6) is 0 Å². The predicted octanol–water partition coefficient (Wildman–Crippen LogP) is 0.616. The van der Waals surface area contributed by atoms with E-state index >= 15 is 0 Å². The summed E-state index contributed by atoms with van der Waals surface area (Å²) in [6.07, 6.45) is 6.28. The maximum absolute atomic E-state index is 14.4. The molecule has 2 saturated heterocycles. The van der Waals surface area contributed by atoms with Crippen LogP contribution in [0.1, 0.15) is 131 Å². The third kappa shape index (κ3) is 35.3. The summed E-state index contributed by atoms with van der Waals surface area (Å²) >= 11 is 1.48. The van der Waals surface area contributed by atoms with E-state index in [9.17, 15) is 84.6 Å². The van der Waals surface area contributed by atoms with E-state index in [1.54, 1.807) is 117 Å². The number of carbonyl (C=O) groups is 7. The number of cyclic esters (lactones) is 1. The summed E-state index contributed by atoms with van der Waals surface area (Å²) in [4.78, 5) is 94.6. The van der Waals surface area contributed by atoms with Gasteiger partial charge in [-0.3, -0.25) is 33.6 Å². The lowest BCUT2D eigenvalue weighted by Crippen LogP contribution is -2.62. The Balaban J connectivity index is 1.55. The van der Waals surface area contributed by atoms with Gasteiger partial charge in [0.25, 0.3) is 0 Å². The average Bonchev–Trinajstić information content (AvgIpc) is 0.781. The molecule has 1 aromatic carbocycles. The summed E-state index contributed by atoms with van der Waals surface area (Å²) < 4.78 is 29.9. The van der Waals surface area contributed by atoms with Crippen LogP contribution in [0.25, 0.3) is 0 Å². The minimum Gasteiger partial charge on any atom is -0.462 e. The zero-order chi connectivity index (χ0) is 80.6. The Bertz CT molecular complexity index is 3090. The van der Waals surface area contributed by atoms with Gasteiger partial charge in [0.1, 0.15) is 36.4 Å². The molecule has 30 nitrogen and oxygen atoms in total. The summed E-state index contributed by atoms with van der Waals surface area (Å²) in [5.41, 5.74) is 12.7. The smallest absolute Gasteiger partial charge is 0.308 e. The lowest BCUT2D eigenvalue weighted by Gasteiger charge is -2.46. The third-order valence-electron chi connectivity index (χ3n) is 19.2. The van der Waals surface area contributed by atoms with Gasteiger partial charge in [-0.25, -0.2) is 0 Å². The number of aliphatic hydroxyl groups excluding tert-OH is 9. The van der Waals surface area contributed by atoms with Gasteiger partial charge in [0.05, 0.1) is 98.7 Å². The van der Waals surface area contributed by atoms with Crippen molar-refractivity contribution in [1.82, 2.24) is 31.9 Å². The highest BCUT2D eigenvalue weighted by Gasteiger charge is 2.51. The Labute approximate surface area is 645 Å². The van der Waals surface area contributed by atoms with Crippen molar-refractivity contribution in [3.05, 3.63) is 121 Å². The second-order valence-corrected chi connectivity index (χ2v) is 29.8. The van der Waals surface area contributed by atoms with Crippen molar-refractivity contribution in [2.45, 2.75) is 253 Å². The number of hydrogen-bond acceptors (Lipinski definition) is 25. The number of esters is 1. The van der Waals surface area contributed by atoms with Crippen molar-refractivity contribution in [3.63, 3.8) is 0 Å². The summed E-state index contributed by atoms with van der Waals surface area (Å²) in [5.74, 6) is -8.21. The first-order valence-electron chi connectivity index (χ1n) is 37.8. The number of aliphatic hydroxyl groups is 10. The lowest BCUT2D eigenvalue weighted by molar-refractivity contribution is -0.307. The van der Waals surface area contributed by atoms with Gasteiger partial charge in [0.15, 0.2) is 12.1 Å². The molecule has 31 heteroatoms.